The Labute approximate surface area is 122 Å². The van der Waals surface area contributed by atoms with Crippen LogP contribution < -0.4 is 5.32 Å². The summed E-state index contributed by atoms with van der Waals surface area (Å²) in [6, 6.07) is 2.26. The summed E-state index contributed by atoms with van der Waals surface area (Å²) in [7, 11) is 3.97. The molecule has 0 amide bonds. The fourth-order valence-electron chi connectivity index (χ4n) is 2.36. The molecule has 0 saturated heterocycles. The van der Waals surface area contributed by atoms with E-state index in [2.05, 4.69) is 33.3 Å². The fraction of sp³-hybridized carbons (Fsp3) is 0.500. The van der Waals surface area contributed by atoms with Crippen LogP contribution in [0.1, 0.15) is 35.7 Å². The molecule has 0 aliphatic heterocycles. The Morgan fingerprint density at radius 3 is 2.74 bits per heavy atom. The minimum absolute atomic E-state index is 0.232. The van der Waals surface area contributed by atoms with Crippen molar-refractivity contribution in [3.05, 3.63) is 39.5 Å². The third-order valence-corrected chi connectivity index (χ3v) is 4.44. The molecule has 2 heterocycles. The number of aromatic nitrogens is 2. The maximum Gasteiger partial charge on any atom is 0.105 e. The molecular formula is C14H20BrN3O. The molecule has 1 unspecified atom stereocenters. The van der Waals surface area contributed by atoms with Crippen LogP contribution in [0.2, 0.25) is 0 Å². The Bertz CT molecular complexity index is 559. The van der Waals surface area contributed by atoms with E-state index < -0.39 is 0 Å². The lowest BCUT2D eigenvalue weighted by molar-refractivity contribution is 0.506. The van der Waals surface area contributed by atoms with Gasteiger partial charge in [-0.2, -0.15) is 5.10 Å². The molecule has 104 valence electrons. The average molecular weight is 326 g/mol. The van der Waals surface area contributed by atoms with Crippen LogP contribution in [0.15, 0.2) is 21.2 Å². The van der Waals surface area contributed by atoms with Gasteiger partial charge in [0, 0.05) is 25.1 Å². The first-order valence-corrected chi connectivity index (χ1v) is 7.29. The minimum atomic E-state index is 0.232. The molecule has 1 N–H and O–H groups in total. The molecule has 1 atom stereocenters. The smallest absolute Gasteiger partial charge is 0.105 e. The summed E-state index contributed by atoms with van der Waals surface area (Å²) in [5, 5.41) is 7.89. The molecular weight excluding hydrogens is 306 g/mol. The molecule has 4 nitrogen and oxygen atoms in total. The highest BCUT2D eigenvalue weighted by molar-refractivity contribution is 9.10. The van der Waals surface area contributed by atoms with Gasteiger partial charge in [-0.3, -0.25) is 4.68 Å². The lowest BCUT2D eigenvalue weighted by atomic mass is 10.0. The number of nitrogens with zero attached hydrogens (tertiary/aromatic N) is 2. The quantitative estimate of drug-likeness (QED) is 0.918. The van der Waals surface area contributed by atoms with Crippen molar-refractivity contribution in [2.45, 2.75) is 32.7 Å². The van der Waals surface area contributed by atoms with Crippen molar-refractivity contribution in [1.29, 1.82) is 0 Å². The summed E-state index contributed by atoms with van der Waals surface area (Å²) in [5.41, 5.74) is 3.52. The number of hydrogen-bond acceptors (Lipinski definition) is 3. The van der Waals surface area contributed by atoms with Crippen molar-refractivity contribution < 1.29 is 4.42 Å². The molecule has 0 fully saturated rings. The molecule has 19 heavy (non-hydrogen) atoms. The van der Waals surface area contributed by atoms with E-state index in [4.69, 9.17) is 4.42 Å². The zero-order chi connectivity index (χ0) is 14.0. The summed E-state index contributed by atoms with van der Waals surface area (Å²) >= 11 is 3.67. The second-order valence-corrected chi connectivity index (χ2v) is 5.46. The third kappa shape index (κ3) is 2.77. The van der Waals surface area contributed by atoms with Crippen molar-refractivity contribution in [3.8, 4) is 0 Å². The highest BCUT2D eigenvalue weighted by Gasteiger charge is 2.20. The van der Waals surface area contributed by atoms with E-state index in [1.807, 2.05) is 31.8 Å². The van der Waals surface area contributed by atoms with Gasteiger partial charge in [0.15, 0.2) is 0 Å². The first-order valence-electron chi connectivity index (χ1n) is 6.50. The molecule has 2 aromatic heterocycles. The van der Waals surface area contributed by atoms with Crippen molar-refractivity contribution in [2.75, 3.05) is 7.05 Å². The normalized spacial score (nSPS) is 12.9. The molecule has 0 bridgehead atoms. The van der Waals surface area contributed by atoms with Crippen molar-refractivity contribution >= 4 is 15.9 Å². The van der Waals surface area contributed by atoms with Gasteiger partial charge in [-0.15, -0.1) is 0 Å². The Kier molecular flexibility index (Phi) is 4.47. The molecule has 0 aliphatic carbocycles. The summed E-state index contributed by atoms with van der Waals surface area (Å²) < 4.78 is 8.48. The highest BCUT2D eigenvalue weighted by Crippen LogP contribution is 2.28. The number of furan rings is 1. The van der Waals surface area contributed by atoms with Crippen LogP contribution in [-0.2, 0) is 19.9 Å². The summed E-state index contributed by atoms with van der Waals surface area (Å²) in [6.07, 6.45) is 3.55. The topological polar surface area (TPSA) is 43.0 Å². The number of nitrogens with one attached hydrogen (secondary N) is 1. The van der Waals surface area contributed by atoms with Gasteiger partial charge in [0.05, 0.1) is 22.1 Å². The second-order valence-electron chi connectivity index (χ2n) is 4.66. The maximum absolute atomic E-state index is 5.40. The predicted molar refractivity (Wildman–Crippen MR) is 79.2 cm³/mol. The summed E-state index contributed by atoms with van der Waals surface area (Å²) in [6.45, 7) is 4.11. The van der Waals surface area contributed by atoms with Crippen molar-refractivity contribution in [1.82, 2.24) is 15.1 Å². The lowest BCUT2D eigenvalue weighted by Crippen LogP contribution is -2.20. The van der Waals surface area contributed by atoms with E-state index >= 15 is 0 Å². The first kappa shape index (κ1) is 14.3. The van der Waals surface area contributed by atoms with Crippen molar-refractivity contribution in [3.63, 3.8) is 0 Å². The highest BCUT2D eigenvalue weighted by atomic mass is 79.9. The third-order valence-electron chi connectivity index (χ3n) is 3.52. The largest absolute Gasteiger partial charge is 0.469 e. The van der Waals surface area contributed by atoms with Gasteiger partial charge in [0.1, 0.15) is 5.76 Å². The van der Waals surface area contributed by atoms with Gasteiger partial charge in [-0.05, 0) is 42.4 Å². The van der Waals surface area contributed by atoms with E-state index in [0.717, 1.165) is 28.8 Å². The summed E-state index contributed by atoms with van der Waals surface area (Å²) in [4.78, 5) is 0. The predicted octanol–water partition coefficient (Wildman–Crippen LogP) is 3.15. The van der Waals surface area contributed by atoms with Gasteiger partial charge in [-0.25, -0.2) is 0 Å². The maximum atomic E-state index is 5.40. The number of rotatable bonds is 5. The van der Waals surface area contributed by atoms with Crippen LogP contribution in [0, 0.1) is 6.92 Å². The standard InChI is InChI=1S/C14H20BrN3O/c1-5-11-14(15)13(18(4)17-11)8-12(16-3)10-6-7-19-9(10)2/h6-7,12,16H,5,8H2,1-4H3. The SMILES string of the molecule is CCc1nn(C)c(CC(NC)c2ccoc2C)c1Br. The fourth-order valence-corrected chi connectivity index (χ4v) is 3.14. The Hall–Kier alpha value is -1.07. The molecule has 0 radical (unpaired) electrons. The van der Waals surface area contributed by atoms with Gasteiger partial charge in [-0.1, -0.05) is 6.92 Å². The van der Waals surface area contributed by atoms with Crippen LogP contribution in [0.5, 0.6) is 0 Å². The summed E-state index contributed by atoms with van der Waals surface area (Å²) in [5.74, 6) is 0.966. The van der Waals surface area contributed by atoms with Crippen LogP contribution in [0.4, 0.5) is 0 Å². The first-order chi connectivity index (χ1) is 9.08. The molecule has 0 spiro atoms. The van der Waals surface area contributed by atoms with Gasteiger partial charge < -0.3 is 9.73 Å². The van der Waals surface area contributed by atoms with Crippen molar-refractivity contribution in [2.24, 2.45) is 7.05 Å². The van der Waals surface area contributed by atoms with Crippen LogP contribution in [0.3, 0.4) is 0 Å². The van der Waals surface area contributed by atoms with E-state index in [0.29, 0.717) is 0 Å². The van der Waals surface area contributed by atoms with Crippen LogP contribution in [-0.4, -0.2) is 16.8 Å². The molecule has 5 heteroatoms. The van der Waals surface area contributed by atoms with Crippen LogP contribution in [0.25, 0.3) is 0 Å². The Morgan fingerprint density at radius 1 is 1.53 bits per heavy atom. The molecule has 0 aromatic carbocycles. The Morgan fingerprint density at radius 2 is 2.26 bits per heavy atom. The number of halogens is 1. The molecule has 0 saturated carbocycles. The molecule has 2 rings (SSSR count). The zero-order valence-corrected chi connectivity index (χ0v) is 13.4. The second kappa shape index (κ2) is 5.92. The minimum Gasteiger partial charge on any atom is -0.469 e. The molecule has 0 aliphatic rings. The number of aryl methyl sites for hydroxylation is 3. The van der Waals surface area contributed by atoms with E-state index in [-0.39, 0.29) is 6.04 Å². The van der Waals surface area contributed by atoms with E-state index in [1.54, 1.807) is 6.26 Å². The lowest BCUT2D eigenvalue weighted by Gasteiger charge is -2.16. The van der Waals surface area contributed by atoms with E-state index in [9.17, 15) is 0 Å². The van der Waals surface area contributed by atoms with Gasteiger partial charge in [0.25, 0.3) is 0 Å². The van der Waals surface area contributed by atoms with Gasteiger partial charge in [0.2, 0.25) is 0 Å². The van der Waals surface area contributed by atoms with E-state index in [1.165, 1.54) is 11.3 Å². The number of likely N-dealkylation sites (N-methyl/N-ethyl adjacent to an activating group) is 1. The van der Waals surface area contributed by atoms with Gasteiger partial charge >= 0.3 is 0 Å². The molecule has 2 aromatic rings. The number of hydrogen-bond donors (Lipinski definition) is 1. The monoisotopic (exact) mass is 325 g/mol. The average Bonchev–Trinajstić information content (AvgIpc) is 2.93. The Balaban J connectivity index is 2.29. The zero-order valence-electron chi connectivity index (χ0n) is 11.8. The van der Waals surface area contributed by atoms with Crippen LogP contribution >= 0.6 is 15.9 Å².